The number of amides is 2. The number of nitrogens with zero attached hydrogens (tertiary/aromatic N) is 5. The molecular weight excluding hydrogens is 582 g/mol. The monoisotopic (exact) mass is 607 g/mol. The van der Waals surface area contributed by atoms with Gasteiger partial charge in [-0.3, -0.25) is 19.3 Å². The Bertz CT molecular complexity index is 1340. The molecular formula is C23H25N7O7S3. The zero-order valence-electron chi connectivity index (χ0n) is 21.1. The van der Waals surface area contributed by atoms with Gasteiger partial charge in [0.25, 0.3) is 5.91 Å². The van der Waals surface area contributed by atoms with E-state index in [0.717, 1.165) is 11.9 Å². The summed E-state index contributed by atoms with van der Waals surface area (Å²) in [7, 11) is 1.67. The molecule has 4 rings (SSSR count). The molecule has 4 N–H and O–H groups in total. The maximum absolute atomic E-state index is 12.8. The van der Waals surface area contributed by atoms with Crippen molar-refractivity contribution < 1.29 is 34.2 Å². The van der Waals surface area contributed by atoms with Crippen LogP contribution in [-0.2, 0) is 26.2 Å². The SMILES string of the molecule is Cn1nnnc1SCC1=C(C(=O)O)N2C(=O)C(NSC(=O)CCCC(NC(=O)c3ccccc3)C(=O)O)[C@@H]2SC1. The van der Waals surface area contributed by atoms with E-state index in [2.05, 4.69) is 25.6 Å². The molecule has 40 heavy (non-hydrogen) atoms. The lowest BCUT2D eigenvalue weighted by Gasteiger charge is -2.49. The number of carboxylic acid groups (broad SMARTS) is 2. The minimum Gasteiger partial charge on any atom is -0.480 e. The van der Waals surface area contributed by atoms with E-state index in [1.807, 2.05) is 0 Å². The van der Waals surface area contributed by atoms with Gasteiger partial charge in [-0.15, -0.1) is 16.9 Å². The summed E-state index contributed by atoms with van der Waals surface area (Å²) in [6, 6.07) is 6.31. The van der Waals surface area contributed by atoms with Crippen molar-refractivity contribution in [2.24, 2.45) is 7.05 Å². The highest BCUT2D eigenvalue weighted by Crippen LogP contribution is 2.42. The van der Waals surface area contributed by atoms with E-state index in [1.165, 1.54) is 33.1 Å². The van der Waals surface area contributed by atoms with Gasteiger partial charge in [0.1, 0.15) is 23.2 Å². The zero-order chi connectivity index (χ0) is 28.8. The van der Waals surface area contributed by atoms with E-state index in [0.29, 0.717) is 27.8 Å². The van der Waals surface area contributed by atoms with E-state index in [-0.39, 0.29) is 30.1 Å². The van der Waals surface area contributed by atoms with E-state index in [9.17, 15) is 34.2 Å². The fraction of sp³-hybridized carbons (Fsp3) is 0.391. The van der Waals surface area contributed by atoms with Crippen molar-refractivity contribution in [3.63, 3.8) is 0 Å². The lowest BCUT2D eigenvalue weighted by molar-refractivity contribution is -0.148. The second kappa shape index (κ2) is 13.3. The summed E-state index contributed by atoms with van der Waals surface area (Å²) in [5.74, 6) is -2.70. The molecule has 3 heterocycles. The molecule has 1 saturated heterocycles. The van der Waals surface area contributed by atoms with E-state index >= 15 is 0 Å². The molecule has 0 spiro atoms. The van der Waals surface area contributed by atoms with Gasteiger partial charge in [-0.2, -0.15) is 0 Å². The topological polar surface area (TPSA) is 197 Å². The number of hydrogen-bond acceptors (Lipinski definition) is 12. The molecule has 2 aromatic rings. The van der Waals surface area contributed by atoms with Gasteiger partial charge in [0.2, 0.25) is 16.2 Å². The van der Waals surface area contributed by atoms with Crippen LogP contribution in [0.1, 0.15) is 29.6 Å². The molecule has 17 heteroatoms. The maximum atomic E-state index is 12.8. The van der Waals surface area contributed by atoms with Crippen LogP contribution in [0.25, 0.3) is 0 Å². The first-order chi connectivity index (χ1) is 19.2. The summed E-state index contributed by atoms with van der Waals surface area (Å²) in [5.41, 5.74) is 0.839. The Labute approximate surface area is 240 Å². The molecule has 3 atom stereocenters. The number of tetrazole rings is 1. The molecule has 1 fully saturated rings. The predicted molar refractivity (Wildman–Crippen MR) is 146 cm³/mol. The molecule has 0 bridgehead atoms. The first-order valence-electron chi connectivity index (χ1n) is 12.0. The quantitative estimate of drug-likeness (QED) is 0.141. The highest BCUT2D eigenvalue weighted by atomic mass is 32.2. The smallest absolute Gasteiger partial charge is 0.352 e. The van der Waals surface area contributed by atoms with Crippen molar-refractivity contribution in [1.82, 2.24) is 35.1 Å². The van der Waals surface area contributed by atoms with Gasteiger partial charge in [0.05, 0.1) is 0 Å². The molecule has 2 unspecified atom stereocenters. The molecule has 2 amide bonds. The highest BCUT2D eigenvalue weighted by molar-refractivity contribution is 8.12. The van der Waals surface area contributed by atoms with Crippen molar-refractivity contribution in [3.05, 3.63) is 47.2 Å². The Kier molecular flexibility index (Phi) is 9.83. The number of aromatic nitrogens is 4. The van der Waals surface area contributed by atoms with Gasteiger partial charge in [0, 0.05) is 30.5 Å². The molecule has 0 saturated carbocycles. The summed E-state index contributed by atoms with van der Waals surface area (Å²) in [6.07, 6.45) is 0.271. The van der Waals surface area contributed by atoms with Crippen molar-refractivity contribution in [2.75, 3.05) is 11.5 Å². The number of hydrogen-bond donors (Lipinski definition) is 4. The number of aliphatic carboxylic acids is 2. The molecule has 0 aliphatic carbocycles. The highest BCUT2D eigenvalue weighted by Gasteiger charge is 2.53. The number of carbonyl (C=O) groups is 5. The standard InChI is InChI=1S/C23H25N7O7S3/c1-29-23(25-27-28-29)39-11-13-10-38-20-16(19(33)30(20)17(13)22(36)37)26-40-15(31)9-5-8-14(21(34)35)24-18(32)12-6-3-2-4-7-12/h2-4,6-7,14,16,20,26H,5,8-11H2,1H3,(H,24,32)(H,34,35)(H,36,37)/t14?,16?,20-/m0/s1. The van der Waals surface area contributed by atoms with Crippen molar-refractivity contribution in [3.8, 4) is 0 Å². The number of thioether (sulfide) groups is 2. The molecule has 1 aromatic heterocycles. The second-order valence-corrected chi connectivity index (χ2v) is 11.7. The molecule has 212 valence electrons. The zero-order valence-corrected chi connectivity index (χ0v) is 23.5. The minimum atomic E-state index is -1.21. The Morgan fingerprint density at radius 3 is 2.60 bits per heavy atom. The maximum Gasteiger partial charge on any atom is 0.352 e. The average Bonchev–Trinajstić information content (AvgIpc) is 3.35. The third kappa shape index (κ3) is 6.83. The van der Waals surface area contributed by atoms with Crippen LogP contribution in [0.3, 0.4) is 0 Å². The number of nitrogens with one attached hydrogen (secondary N) is 2. The van der Waals surface area contributed by atoms with E-state index in [1.54, 1.807) is 37.4 Å². The summed E-state index contributed by atoms with van der Waals surface area (Å²) in [5, 5.41) is 32.6. The molecule has 2 aliphatic rings. The third-order valence-electron chi connectivity index (χ3n) is 6.02. The second-order valence-electron chi connectivity index (χ2n) is 8.73. The number of carboxylic acids is 2. The predicted octanol–water partition coefficient (Wildman–Crippen LogP) is 0.743. The van der Waals surface area contributed by atoms with Gasteiger partial charge in [-0.05, 0) is 52.9 Å². The van der Waals surface area contributed by atoms with Gasteiger partial charge in [-0.1, -0.05) is 30.0 Å². The summed E-state index contributed by atoms with van der Waals surface area (Å²) in [6.45, 7) is 0. The van der Waals surface area contributed by atoms with E-state index in [4.69, 9.17) is 0 Å². The fourth-order valence-electron chi connectivity index (χ4n) is 3.98. The largest absolute Gasteiger partial charge is 0.480 e. The molecule has 14 nitrogen and oxygen atoms in total. The average molecular weight is 608 g/mol. The number of fused-ring (bicyclic) bond motifs is 1. The third-order valence-corrected chi connectivity index (χ3v) is 9.26. The van der Waals surface area contributed by atoms with Crippen LogP contribution in [0, 0.1) is 0 Å². The van der Waals surface area contributed by atoms with Gasteiger partial charge in [-0.25, -0.2) is 19.0 Å². The Balaban J connectivity index is 1.25. The summed E-state index contributed by atoms with van der Waals surface area (Å²) < 4.78 is 4.31. The number of carbonyl (C=O) groups excluding carboxylic acids is 3. The van der Waals surface area contributed by atoms with Crippen molar-refractivity contribution in [1.29, 1.82) is 0 Å². The van der Waals surface area contributed by atoms with Crippen LogP contribution in [-0.4, -0.2) is 93.2 Å². The van der Waals surface area contributed by atoms with Crippen LogP contribution in [0.4, 0.5) is 0 Å². The molecule has 0 radical (unpaired) electrons. The van der Waals surface area contributed by atoms with Gasteiger partial charge >= 0.3 is 11.9 Å². The first kappa shape index (κ1) is 29.6. The minimum absolute atomic E-state index is 0.0175. The number of β-lactam (4-membered cyclic amide) rings is 1. The number of aryl methyl sites for hydroxylation is 1. The molecule has 1 aromatic carbocycles. The fourth-order valence-corrected chi connectivity index (χ4v) is 7.14. The summed E-state index contributed by atoms with van der Waals surface area (Å²) >= 11 is 3.40. The van der Waals surface area contributed by atoms with Gasteiger partial charge < -0.3 is 15.5 Å². The Hall–Kier alpha value is -3.41. The number of benzene rings is 1. The Morgan fingerprint density at radius 2 is 1.95 bits per heavy atom. The van der Waals surface area contributed by atoms with Crippen molar-refractivity contribution >= 4 is 64.3 Å². The Morgan fingerprint density at radius 1 is 1.20 bits per heavy atom. The normalized spacial score (nSPS) is 19.0. The first-order valence-corrected chi connectivity index (χ1v) is 14.8. The van der Waals surface area contributed by atoms with Gasteiger partial charge in [0.15, 0.2) is 0 Å². The van der Waals surface area contributed by atoms with Crippen LogP contribution < -0.4 is 10.0 Å². The van der Waals surface area contributed by atoms with Crippen LogP contribution >= 0.6 is 35.5 Å². The van der Waals surface area contributed by atoms with Crippen LogP contribution in [0.5, 0.6) is 0 Å². The molecule has 2 aliphatic heterocycles. The number of rotatable bonds is 13. The lowest BCUT2D eigenvalue weighted by atomic mass is 10.0. The van der Waals surface area contributed by atoms with E-state index < -0.39 is 41.2 Å². The summed E-state index contributed by atoms with van der Waals surface area (Å²) in [4.78, 5) is 62.3. The lowest BCUT2D eigenvalue weighted by Crippen LogP contribution is -2.68. The van der Waals surface area contributed by atoms with Crippen molar-refractivity contribution in [2.45, 2.75) is 41.9 Å². The van der Waals surface area contributed by atoms with Crippen LogP contribution in [0.15, 0.2) is 46.8 Å². The van der Waals surface area contributed by atoms with Crippen LogP contribution in [0.2, 0.25) is 0 Å².